The summed E-state index contributed by atoms with van der Waals surface area (Å²) in [6.07, 6.45) is 2.64. The number of nitrogens with zero attached hydrogens (tertiary/aromatic N) is 3. The van der Waals surface area contributed by atoms with Gasteiger partial charge in [0.2, 0.25) is 10.0 Å². The minimum Gasteiger partial charge on any atom is -0.481 e. The number of hydrogen-bond donors (Lipinski definition) is 2. The van der Waals surface area contributed by atoms with Gasteiger partial charge in [0.1, 0.15) is 11.9 Å². The molecule has 14 heteroatoms. The van der Waals surface area contributed by atoms with Gasteiger partial charge in [-0.25, -0.2) is 26.9 Å². The van der Waals surface area contributed by atoms with Crippen LogP contribution in [0.3, 0.4) is 0 Å². The Hall–Kier alpha value is -2.68. The van der Waals surface area contributed by atoms with Crippen LogP contribution in [0, 0.1) is 17.2 Å². The Bertz CT molecular complexity index is 1510. The maximum absolute atomic E-state index is 14.6. The van der Waals surface area contributed by atoms with Gasteiger partial charge in [0, 0.05) is 36.3 Å². The highest BCUT2D eigenvalue weighted by Gasteiger charge is 2.53. The van der Waals surface area contributed by atoms with Gasteiger partial charge in [-0.05, 0) is 67.1 Å². The molecular formula is C27H30BrFN4O6S2. The molecule has 1 aromatic carbocycles. The van der Waals surface area contributed by atoms with Crippen LogP contribution in [0.25, 0.3) is 0 Å². The van der Waals surface area contributed by atoms with E-state index in [1.807, 2.05) is 0 Å². The monoisotopic (exact) mass is 668 g/mol. The van der Waals surface area contributed by atoms with Gasteiger partial charge in [-0.1, -0.05) is 12.1 Å². The van der Waals surface area contributed by atoms with E-state index in [9.17, 15) is 27.5 Å². The van der Waals surface area contributed by atoms with Crippen molar-refractivity contribution in [3.63, 3.8) is 0 Å². The number of hydrogen-bond acceptors (Lipinski definition) is 9. The van der Waals surface area contributed by atoms with E-state index in [0.717, 1.165) is 0 Å². The highest BCUT2D eigenvalue weighted by atomic mass is 79.9. The summed E-state index contributed by atoms with van der Waals surface area (Å²) in [5, 5.41) is 14.4. The fourth-order valence-corrected chi connectivity index (χ4v) is 9.03. The molecule has 1 aliphatic carbocycles. The van der Waals surface area contributed by atoms with E-state index in [-0.39, 0.29) is 48.5 Å². The van der Waals surface area contributed by atoms with E-state index in [1.165, 1.54) is 21.7 Å². The number of nitrogens with one attached hydrogen (secondary N) is 1. The molecule has 2 aromatic rings. The molecule has 0 amide bonds. The first-order valence-electron chi connectivity index (χ1n) is 13.3. The molecule has 1 unspecified atom stereocenters. The second-order valence-corrected chi connectivity index (χ2v) is 14.5. The summed E-state index contributed by atoms with van der Waals surface area (Å²) in [7, 11) is -3.67. The van der Waals surface area contributed by atoms with Crippen molar-refractivity contribution in [2.75, 3.05) is 19.7 Å². The normalized spacial score (nSPS) is 25.7. The fourth-order valence-electron chi connectivity index (χ4n) is 5.67. The summed E-state index contributed by atoms with van der Waals surface area (Å²) < 4.78 is 48.3. The smallest absolute Gasteiger partial charge is 0.338 e. The van der Waals surface area contributed by atoms with Crippen LogP contribution in [0.4, 0.5) is 4.39 Å². The molecule has 10 nitrogen and oxygen atoms in total. The van der Waals surface area contributed by atoms with E-state index >= 15 is 0 Å². The van der Waals surface area contributed by atoms with Crippen molar-refractivity contribution in [3.05, 3.63) is 61.9 Å². The minimum absolute atomic E-state index is 0.0855. The number of carboxylic acid groups (broad SMARTS) is 1. The molecule has 3 aliphatic rings. The van der Waals surface area contributed by atoms with Gasteiger partial charge < -0.3 is 15.2 Å². The molecule has 0 radical (unpaired) electrons. The van der Waals surface area contributed by atoms with Crippen molar-refractivity contribution in [1.82, 2.24) is 14.6 Å². The number of carbonyl (C=O) groups is 2. The number of carboxylic acids is 1. The van der Waals surface area contributed by atoms with Gasteiger partial charge in [0.25, 0.3) is 0 Å². The third kappa shape index (κ3) is 5.58. The second-order valence-electron chi connectivity index (χ2n) is 10.6. The first-order chi connectivity index (χ1) is 19.5. The summed E-state index contributed by atoms with van der Waals surface area (Å²) in [6, 6.07) is 3.67. The summed E-state index contributed by atoms with van der Waals surface area (Å²) in [5.41, 5.74) is 0.236. The van der Waals surface area contributed by atoms with Crippen molar-refractivity contribution < 1.29 is 32.2 Å². The number of carbonyl (C=O) groups excluding carboxylic acids is 1. The molecule has 1 aromatic heterocycles. The molecule has 2 fully saturated rings. The Morgan fingerprint density at radius 2 is 2.00 bits per heavy atom. The summed E-state index contributed by atoms with van der Waals surface area (Å²) in [5.74, 6) is -1.88. The highest BCUT2D eigenvalue weighted by Crippen LogP contribution is 2.46. The molecule has 1 saturated carbocycles. The van der Waals surface area contributed by atoms with Gasteiger partial charge in [-0.15, -0.1) is 11.3 Å². The number of sulfonamides is 1. The van der Waals surface area contributed by atoms with E-state index in [1.54, 1.807) is 37.6 Å². The molecule has 41 heavy (non-hydrogen) atoms. The Morgan fingerprint density at radius 3 is 2.61 bits per heavy atom. The number of thiazole rings is 1. The van der Waals surface area contributed by atoms with Gasteiger partial charge in [-0.3, -0.25) is 9.79 Å². The zero-order chi connectivity index (χ0) is 29.5. The number of halogens is 2. The molecule has 0 bridgehead atoms. The van der Waals surface area contributed by atoms with Crippen LogP contribution >= 0.6 is 27.3 Å². The Kier molecular flexibility index (Phi) is 8.39. The molecule has 1 saturated heterocycles. The van der Waals surface area contributed by atoms with Crippen molar-refractivity contribution >= 4 is 55.1 Å². The molecule has 0 spiro atoms. The van der Waals surface area contributed by atoms with Gasteiger partial charge in [0.05, 0.1) is 27.3 Å². The number of allylic oxidation sites excluding steroid dienone is 1. The lowest BCUT2D eigenvalue weighted by atomic mass is 9.70. The standard InChI is InChI=1S/C27H30BrFN4O6S2/c1-3-39-25(34)19-21(15-7-10-33(11-8-15)41(37,38)16-13-27(2,14-16)26(35)36)31-23(24-30-9-12-40-24)32-22(19)17-5-4-6-18(29)20(17)28/h4-6,9,12,15-16,22H,3,7-8,10-11,13-14H2,1-2H3,(H,31,32)(H,35,36)/t16-,22?,27+. The fraction of sp³-hybridized carbons (Fsp3) is 0.481. The molecule has 5 rings (SSSR count). The Labute approximate surface area is 249 Å². The number of esters is 1. The van der Waals surface area contributed by atoms with Crippen molar-refractivity contribution in [3.8, 4) is 0 Å². The third-order valence-electron chi connectivity index (χ3n) is 8.00. The number of aliphatic carboxylic acids is 1. The molecule has 2 N–H and O–H groups in total. The molecule has 1 atom stereocenters. The molecule has 3 heterocycles. The quantitative estimate of drug-likeness (QED) is 0.398. The van der Waals surface area contributed by atoms with Crippen molar-refractivity contribution in [1.29, 1.82) is 0 Å². The number of piperidine rings is 1. The lowest BCUT2D eigenvalue weighted by molar-refractivity contribution is -0.152. The van der Waals surface area contributed by atoms with Gasteiger partial charge in [-0.2, -0.15) is 0 Å². The first-order valence-corrected chi connectivity index (χ1v) is 16.5. The predicted octanol–water partition coefficient (Wildman–Crippen LogP) is 4.25. The van der Waals surface area contributed by atoms with E-state index in [2.05, 4.69) is 26.2 Å². The number of rotatable bonds is 8. The Morgan fingerprint density at radius 1 is 1.29 bits per heavy atom. The van der Waals surface area contributed by atoms with Crippen LogP contribution in [-0.4, -0.2) is 65.5 Å². The molecular weight excluding hydrogens is 639 g/mol. The number of benzene rings is 1. The number of aromatic nitrogens is 1. The van der Waals surface area contributed by atoms with Crippen LogP contribution in [0.15, 0.2) is 50.5 Å². The predicted molar refractivity (Wildman–Crippen MR) is 154 cm³/mol. The van der Waals surface area contributed by atoms with E-state index in [0.29, 0.717) is 34.9 Å². The van der Waals surface area contributed by atoms with E-state index < -0.39 is 44.5 Å². The maximum Gasteiger partial charge on any atom is 0.338 e. The largest absolute Gasteiger partial charge is 0.481 e. The van der Waals surface area contributed by atoms with Crippen LogP contribution < -0.4 is 5.32 Å². The lowest BCUT2D eigenvalue weighted by Crippen LogP contribution is -2.54. The summed E-state index contributed by atoms with van der Waals surface area (Å²) >= 11 is 4.69. The van der Waals surface area contributed by atoms with Gasteiger partial charge in [0.15, 0.2) is 10.8 Å². The zero-order valence-corrected chi connectivity index (χ0v) is 25.7. The second kappa shape index (κ2) is 11.5. The SMILES string of the molecule is CCOC(=O)C1=C(C2CCN(S(=O)(=O)[C@H]3C[C@@](C)(C(=O)O)C3)CC2)NC(c2nccs2)=NC1c1cccc(F)c1Br. The van der Waals surface area contributed by atoms with Crippen LogP contribution in [0.2, 0.25) is 0 Å². The average molecular weight is 670 g/mol. The van der Waals surface area contributed by atoms with Crippen molar-refractivity contribution in [2.45, 2.75) is 50.8 Å². The van der Waals surface area contributed by atoms with Gasteiger partial charge >= 0.3 is 11.9 Å². The van der Waals surface area contributed by atoms with Crippen LogP contribution in [-0.2, 0) is 24.3 Å². The summed E-state index contributed by atoms with van der Waals surface area (Å²) in [4.78, 5) is 34.1. The third-order valence-corrected chi connectivity index (χ3v) is 11.9. The molecule has 2 aliphatic heterocycles. The topological polar surface area (TPSA) is 138 Å². The number of ether oxygens (including phenoxy) is 1. The lowest BCUT2D eigenvalue weighted by Gasteiger charge is -2.44. The average Bonchev–Trinajstić information content (AvgIpc) is 3.47. The van der Waals surface area contributed by atoms with Crippen LogP contribution in [0.5, 0.6) is 0 Å². The first kappa shape index (κ1) is 29.8. The number of aliphatic imine (C=N–C) groups is 1. The molecule has 220 valence electrons. The highest BCUT2D eigenvalue weighted by molar-refractivity contribution is 9.10. The van der Waals surface area contributed by atoms with Crippen molar-refractivity contribution in [2.24, 2.45) is 16.3 Å². The summed E-state index contributed by atoms with van der Waals surface area (Å²) in [6.45, 7) is 3.83. The number of amidine groups is 1. The Balaban J connectivity index is 1.47. The zero-order valence-electron chi connectivity index (χ0n) is 22.5. The maximum atomic E-state index is 14.6. The van der Waals surface area contributed by atoms with E-state index in [4.69, 9.17) is 9.73 Å². The van der Waals surface area contributed by atoms with Crippen LogP contribution in [0.1, 0.15) is 56.1 Å². The minimum atomic E-state index is -3.67.